The molecule has 4 nitrogen and oxygen atoms in total. The number of halogens is 1. The van der Waals surface area contributed by atoms with Crippen molar-refractivity contribution in [2.45, 2.75) is 19.8 Å². The minimum atomic E-state index is 0.326. The van der Waals surface area contributed by atoms with Gasteiger partial charge in [0.1, 0.15) is 12.1 Å². The summed E-state index contributed by atoms with van der Waals surface area (Å²) in [5.74, 6) is 0.879. The first-order chi connectivity index (χ1) is 7.09. The maximum absolute atomic E-state index is 5.80. The third-order valence-corrected chi connectivity index (χ3v) is 2.68. The highest BCUT2D eigenvalue weighted by Crippen LogP contribution is 2.33. The van der Waals surface area contributed by atoms with E-state index in [1.54, 1.807) is 6.26 Å². The van der Waals surface area contributed by atoms with Crippen molar-refractivity contribution < 1.29 is 4.42 Å². The van der Waals surface area contributed by atoms with Gasteiger partial charge in [-0.15, -0.1) is 0 Å². The second-order valence-corrected chi connectivity index (χ2v) is 4.47. The van der Waals surface area contributed by atoms with Crippen molar-refractivity contribution in [3.05, 3.63) is 22.6 Å². The number of nitrogens with two attached hydrogens (primary N) is 1. The van der Waals surface area contributed by atoms with Crippen LogP contribution in [-0.4, -0.2) is 10.2 Å². The predicted octanol–water partition coefficient (Wildman–Crippen LogP) is 3.14. The Bertz CT molecular complexity index is 473. The van der Waals surface area contributed by atoms with E-state index in [9.17, 15) is 0 Å². The third-order valence-electron chi connectivity index (χ3n) is 2.27. The van der Waals surface area contributed by atoms with Crippen LogP contribution in [0, 0.1) is 0 Å². The van der Waals surface area contributed by atoms with Crippen LogP contribution < -0.4 is 5.73 Å². The minimum Gasteiger partial charge on any atom is -0.457 e. The number of aromatic nitrogens is 2. The zero-order valence-corrected chi connectivity index (χ0v) is 10.1. The average Bonchev–Trinajstić information content (AvgIpc) is 2.71. The highest BCUT2D eigenvalue weighted by atomic mass is 79.9. The van der Waals surface area contributed by atoms with Crippen molar-refractivity contribution in [3.63, 3.8) is 0 Å². The molecule has 2 aromatic rings. The maximum Gasteiger partial charge on any atom is 0.169 e. The Labute approximate surface area is 96.0 Å². The molecule has 0 radical (unpaired) electrons. The number of furan rings is 1. The van der Waals surface area contributed by atoms with Crippen molar-refractivity contribution in [2.75, 3.05) is 5.73 Å². The Kier molecular flexibility index (Phi) is 2.56. The normalized spacial score (nSPS) is 11.2. The molecule has 0 saturated heterocycles. The lowest BCUT2D eigenvalue weighted by Crippen LogP contribution is -1.94. The molecule has 2 rings (SSSR count). The largest absolute Gasteiger partial charge is 0.457 e. The average molecular weight is 270 g/mol. The number of rotatable bonds is 2. The van der Waals surface area contributed by atoms with Crippen LogP contribution >= 0.6 is 15.9 Å². The zero-order valence-electron chi connectivity index (χ0n) is 8.54. The first-order valence-electron chi connectivity index (χ1n) is 4.67. The Hall–Kier alpha value is -1.23. The number of H-pyrrole nitrogens is 1. The Morgan fingerprint density at radius 1 is 1.53 bits per heavy atom. The molecular formula is C10H12BrN3O. The van der Waals surface area contributed by atoms with Crippen molar-refractivity contribution in [3.8, 4) is 11.3 Å². The van der Waals surface area contributed by atoms with E-state index in [0.717, 1.165) is 16.8 Å². The third kappa shape index (κ3) is 1.79. The Balaban J connectivity index is 2.53. The number of aromatic amines is 1. The Morgan fingerprint density at radius 2 is 2.27 bits per heavy atom. The predicted molar refractivity (Wildman–Crippen MR) is 62.5 cm³/mol. The topological polar surface area (TPSA) is 67.8 Å². The number of anilines is 1. The SMILES string of the molecule is CC(C)c1c(N)n[nH]c1-c1coc(Br)c1. The van der Waals surface area contributed by atoms with Gasteiger partial charge in [-0.3, -0.25) is 5.10 Å². The number of hydrogen-bond donors (Lipinski definition) is 2. The van der Waals surface area contributed by atoms with Crippen molar-refractivity contribution in [1.82, 2.24) is 10.2 Å². The molecule has 15 heavy (non-hydrogen) atoms. The summed E-state index contributed by atoms with van der Waals surface area (Å²) in [6.07, 6.45) is 1.67. The van der Waals surface area contributed by atoms with Gasteiger partial charge >= 0.3 is 0 Å². The maximum atomic E-state index is 5.80. The lowest BCUT2D eigenvalue weighted by molar-refractivity contribution is 0.542. The highest BCUT2D eigenvalue weighted by Gasteiger charge is 2.16. The molecule has 0 aromatic carbocycles. The van der Waals surface area contributed by atoms with Gasteiger partial charge in [0.15, 0.2) is 4.67 Å². The molecule has 0 amide bonds. The van der Waals surface area contributed by atoms with Crippen LogP contribution in [0.15, 0.2) is 21.4 Å². The monoisotopic (exact) mass is 269 g/mol. The van der Waals surface area contributed by atoms with Crippen LogP contribution in [0.4, 0.5) is 5.82 Å². The lowest BCUT2D eigenvalue weighted by Gasteiger charge is -2.04. The molecule has 80 valence electrons. The molecule has 5 heteroatoms. The van der Waals surface area contributed by atoms with Crippen LogP contribution in [0.1, 0.15) is 25.3 Å². The fourth-order valence-corrected chi connectivity index (χ4v) is 1.95. The van der Waals surface area contributed by atoms with Crippen molar-refractivity contribution >= 4 is 21.7 Å². The van der Waals surface area contributed by atoms with E-state index < -0.39 is 0 Å². The van der Waals surface area contributed by atoms with Gasteiger partial charge in [0.25, 0.3) is 0 Å². The Morgan fingerprint density at radius 3 is 2.80 bits per heavy atom. The van der Waals surface area contributed by atoms with E-state index in [1.165, 1.54) is 0 Å². The summed E-state index contributed by atoms with van der Waals surface area (Å²) < 4.78 is 5.89. The molecule has 0 aliphatic heterocycles. The summed E-state index contributed by atoms with van der Waals surface area (Å²) in [6, 6.07) is 1.89. The number of nitrogens with zero attached hydrogens (tertiary/aromatic N) is 1. The molecule has 0 aliphatic rings. The van der Waals surface area contributed by atoms with Gasteiger partial charge in [-0.05, 0) is 21.8 Å². The standard InChI is InChI=1S/C10H12BrN3O/c1-5(2)8-9(13-14-10(8)12)6-3-7(11)15-4-6/h3-5H,1-2H3,(H3,12,13,14). The summed E-state index contributed by atoms with van der Waals surface area (Å²) in [4.78, 5) is 0. The molecule has 0 unspecified atom stereocenters. The van der Waals surface area contributed by atoms with Crippen LogP contribution in [0.25, 0.3) is 11.3 Å². The fraction of sp³-hybridized carbons (Fsp3) is 0.300. The second kappa shape index (κ2) is 3.73. The second-order valence-electron chi connectivity index (χ2n) is 3.69. The molecule has 2 heterocycles. The summed E-state index contributed by atoms with van der Waals surface area (Å²) in [7, 11) is 0. The fourth-order valence-electron chi connectivity index (χ4n) is 1.61. The number of nitrogen functional groups attached to an aromatic ring is 1. The highest BCUT2D eigenvalue weighted by molar-refractivity contribution is 9.10. The molecule has 0 spiro atoms. The van der Waals surface area contributed by atoms with E-state index >= 15 is 0 Å². The molecule has 2 aromatic heterocycles. The van der Waals surface area contributed by atoms with Crippen LogP contribution in [-0.2, 0) is 0 Å². The molecule has 3 N–H and O–H groups in total. The molecule has 0 aliphatic carbocycles. The van der Waals surface area contributed by atoms with E-state index in [-0.39, 0.29) is 0 Å². The van der Waals surface area contributed by atoms with Gasteiger partial charge in [0, 0.05) is 17.2 Å². The zero-order chi connectivity index (χ0) is 11.0. The lowest BCUT2D eigenvalue weighted by atomic mass is 10.0. The van der Waals surface area contributed by atoms with Crippen molar-refractivity contribution in [1.29, 1.82) is 0 Å². The van der Waals surface area contributed by atoms with Gasteiger partial charge in [0.05, 0.1) is 5.69 Å². The van der Waals surface area contributed by atoms with Gasteiger partial charge in [-0.2, -0.15) is 5.10 Å². The molecule has 0 saturated carbocycles. The quantitative estimate of drug-likeness (QED) is 0.880. The molecule has 0 atom stereocenters. The summed E-state index contributed by atoms with van der Waals surface area (Å²) in [5.41, 5.74) is 8.71. The molecular weight excluding hydrogens is 258 g/mol. The summed E-state index contributed by atoms with van der Waals surface area (Å²) in [6.45, 7) is 4.17. The number of hydrogen-bond acceptors (Lipinski definition) is 3. The van der Waals surface area contributed by atoms with Crippen LogP contribution in [0.5, 0.6) is 0 Å². The number of nitrogens with one attached hydrogen (secondary N) is 1. The van der Waals surface area contributed by atoms with Gasteiger partial charge < -0.3 is 10.2 Å². The summed E-state index contributed by atoms with van der Waals surface area (Å²) >= 11 is 3.27. The van der Waals surface area contributed by atoms with E-state index in [0.29, 0.717) is 16.4 Å². The smallest absolute Gasteiger partial charge is 0.169 e. The first kappa shape index (κ1) is 10.3. The van der Waals surface area contributed by atoms with Crippen LogP contribution in [0.2, 0.25) is 0 Å². The summed E-state index contributed by atoms with van der Waals surface area (Å²) in [5, 5.41) is 6.95. The van der Waals surface area contributed by atoms with E-state index in [1.807, 2.05) is 6.07 Å². The van der Waals surface area contributed by atoms with Crippen molar-refractivity contribution in [2.24, 2.45) is 0 Å². The first-order valence-corrected chi connectivity index (χ1v) is 5.47. The van der Waals surface area contributed by atoms with E-state index in [4.69, 9.17) is 10.2 Å². The molecule has 0 fully saturated rings. The van der Waals surface area contributed by atoms with E-state index in [2.05, 4.69) is 40.0 Å². The minimum absolute atomic E-state index is 0.326. The van der Waals surface area contributed by atoms with Gasteiger partial charge in [-0.1, -0.05) is 13.8 Å². The van der Waals surface area contributed by atoms with Gasteiger partial charge in [0.2, 0.25) is 0 Å². The molecule has 0 bridgehead atoms. The van der Waals surface area contributed by atoms with Gasteiger partial charge in [-0.25, -0.2) is 0 Å². The van der Waals surface area contributed by atoms with Crippen LogP contribution in [0.3, 0.4) is 0 Å².